The zero-order chi connectivity index (χ0) is 24.9. The van der Waals surface area contributed by atoms with Gasteiger partial charge in [-0.15, -0.1) is 0 Å². The van der Waals surface area contributed by atoms with Gasteiger partial charge in [0.05, 0.1) is 24.8 Å². The number of methoxy groups -OCH3 is 2. The number of sulfonamides is 1. The van der Waals surface area contributed by atoms with Crippen molar-refractivity contribution in [1.29, 1.82) is 0 Å². The summed E-state index contributed by atoms with van der Waals surface area (Å²) in [4.78, 5) is -0.0823. The first-order valence-corrected chi connectivity index (χ1v) is 12.1. The van der Waals surface area contributed by atoms with E-state index in [1.165, 1.54) is 56.7 Å². The molecule has 0 fully saturated rings. The minimum atomic E-state index is -4.18. The zero-order valence-electron chi connectivity index (χ0n) is 18.6. The van der Waals surface area contributed by atoms with Gasteiger partial charge in [0.25, 0.3) is 10.0 Å². The Labute approximate surface area is 202 Å². The van der Waals surface area contributed by atoms with E-state index < -0.39 is 21.7 Å². The molecule has 6 nitrogen and oxygen atoms in total. The van der Waals surface area contributed by atoms with E-state index in [1.807, 2.05) is 0 Å². The highest BCUT2D eigenvalue weighted by atomic mass is 35.5. The number of halogens is 3. The van der Waals surface area contributed by atoms with Crippen LogP contribution in [0.2, 0.25) is 5.02 Å². The second kappa shape index (κ2) is 11.0. The Bertz CT molecular complexity index is 1250. The van der Waals surface area contributed by atoms with Gasteiger partial charge in [0.1, 0.15) is 11.6 Å². The molecule has 10 heteroatoms. The highest BCUT2D eigenvalue weighted by Crippen LogP contribution is 2.35. The topological polar surface area (TPSA) is 76.1 Å². The maximum atomic E-state index is 14.4. The van der Waals surface area contributed by atoms with Crippen LogP contribution in [0.4, 0.5) is 14.5 Å². The van der Waals surface area contributed by atoms with Gasteiger partial charge >= 0.3 is 0 Å². The second-order valence-corrected chi connectivity index (χ2v) is 9.62. The van der Waals surface area contributed by atoms with Crippen LogP contribution in [0.5, 0.6) is 11.5 Å². The van der Waals surface area contributed by atoms with E-state index in [9.17, 15) is 22.3 Å². The number of ether oxygens (including phenoxy) is 2. The van der Waals surface area contributed by atoms with Crippen LogP contribution in [0.25, 0.3) is 0 Å². The molecule has 3 aromatic carbocycles. The summed E-state index contributed by atoms with van der Waals surface area (Å²) >= 11 is 6.15. The predicted octanol–water partition coefficient (Wildman–Crippen LogP) is 4.80. The van der Waals surface area contributed by atoms with Crippen molar-refractivity contribution in [2.45, 2.75) is 17.7 Å². The van der Waals surface area contributed by atoms with Crippen molar-refractivity contribution in [2.24, 2.45) is 0 Å². The summed E-state index contributed by atoms with van der Waals surface area (Å²) in [5, 5.41) is 9.67. The molecule has 0 aliphatic heterocycles. The minimum Gasteiger partial charge on any atom is -0.493 e. The van der Waals surface area contributed by atoms with E-state index in [4.69, 9.17) is 21.1 Å². The fourth-order valence-corrected chi connectivity index (χ4v) is 5.27. The van der Waals surface area contributed by atoms with E-state index in [1.54, 1.807) is 0 Å². The van der Waals surface area contributed by atoms with E-state index in [0.29, 0.717) is 11.3 Å². The maximum Gasteiger partial charge on any atom is 0.264 e. The number of aliphatic hydroxyl groups excluding tert-OH is 1. The summed E-state index contributed by atoms with van der Waals surface area (Å²) in [5.74, 6) is -0.938. The average Bonchev–Trinajstić information content (AvgIpc) is 2.82. The zero-order valence-corrected chi connectivity index (χ0v) is 20.2. The molecule has 0 radical (unpaired) electrons. The highest BCUT2D eigenvalue weighted by Gasteiger charge is 2.28. The Morgan fingerprint density at radius 3 is 2.26 bits per heavy atom. The average molecular weight is 512 g/mol. The largest absolute Gasteiger partial charge is 0.493 e. The van der Waals surface area contributed by atoms with Gasteiger partial charge in [-0.3, -0.25) is 4.31 Å². The normalized spacial score (nSPS) is 11.4. The van der Waals surface area contributed by atoms with Crippen molar-refractivity contribution in [3.05, 3.63) is 82.4 Å². The van der Waals surface area contributed by atoms with Gasteiger partial charge in [-0.25, -0.2) is 17.2 Å². The van der Waals surface area contributed by atoms with Gasteiger partial charge < -0.3 is 14.6 Å². The molecule has 0 amide bonds. The first-order chi connectivity index (χ1) is 16.2. The minimum absolute atomic E-state index is 0.0818. The van der Waals surface area contributed by atoms with Crippen LogP contribution in [0.15, 0.2) is 59.5 Å². The molecule has 34 heavy (non-hydrogen) atoms. The number of hydrogen-bond acceptors (Lipinski definition) is 5. The third kappa shape index (κ3) is 5.43. The van der Waals surface area contributed by atoms with Crippen LogP contribution >= 0.6 is 11.6 Å². The van der Waals surface area contributed by atoms with Gasteiger partial charge in [0.2, 0.25) is 0 Å². The van der Waals surface area contributed by atoms with Crippen LogP contribution in [0, 0.1) is 11.6 Å². The third-order valence-corrected chi connectivity index (χ3v) is 7.25. The molecule has 0 saturated carbocycles. The monoisotopic (exact) mass is 511 g/mol. The first-order valence-electron chi connectivity index (χ1n) is 10.3. The molecule has 182 valence electrons. The van der Waals surface area contributed by atoms with E-state index in [0.717, 1.165) is 16.4 Å². The quantitative estimate of drug-likeness (QED) is 0.423. The van der Waals surface area contributed by atoms with Gasteiger partial charge in [-0.1, -0.05) is 17.7 Å². The Morgan fingerprint density at radius 1 is 0.971 bits per heavy atom. The molecule has 0 spiro atoms. The number of nitrogens with zero attached hydrogens (tertiary/aromatic N) is 1. The lowest BCUT2D eigenvalue weighted by molar-refractivity contribution is 0.291. The SMILES string of the molecule is COc1ccc(S(=O)(=O)N(CCCO)c2ccc(Cl)cc2Cc2c(F)cccc2F)cc1OC. The molecule has 0 bridgehead atoms. The van der Waals surface area contributed by atoms with Gasteiger partial charge in [-0.2, -0.15) is 0 Å². The van der Waals surface area contributed by atoms with Gasteiger partial charge in [-0.05, 0) is 54.4 Å². The predicted molar refractivity (Wildman–Crippen MR) is 126 cm³/mol. The van der Waals surface area contributed by atoms with Crippen molar-refractivity contribution >= 4 is 27.3 Å². The molecule has 0 unspecified atom stereocenters. The Balaban J connectivity index is 2.15. The highest BCUT2D eigenvalue weighted by molar-refractivity contribution is 7.92. The summed E-state index contributed by atoms with van der Waals surface area (Å²) in [6.45, 7) is -0.343. The number of anilines is 1. The fourth-order valence-electron chi connectivity index (χ4n) is 3.52. The van der Waals surface area contributed by atoms with Crippen LogP contribution in [-0.2, 0) is 16.4 Å². The summed E-state index contributed by atoms with van der Waals surface area (Å²) in [6.07, 6.45) is -0.103. The Hall–Kier alpha value is -2.88. The van der Waals surface area contributed by atoms with E-state index >= 15 is 0 Å². The van der Waals surface area contributed by atoms with Crippen molar-refractivity contribution < 1.29 is 31.8 Å². The molecular formula is C24H24ClF2NO5S. The standard InChI is InChI=1S/C24H24ClF2NO5S/c1-32-23-10-8-18(15-24(23)33-2)34(30,31)28(11-4-12-29)22-9-7-17(25)13-16(22)14-19-20(26)5-3-6-21(19)27/h3,5-10,13,15,29H,4,11-12,14H2,1-2H3. The fraction of sp³-hybridized carbons (Fsp3) is 0.250. The number of rotatable bonds is 10. The van der Waals surface area contributed by atoms with Crippen LogP contribution in [0.1, 0.15) is 17.5 Å². The smallest absolute Gasteiger partial charge is 0.264 e. The lowest BCUT2D eigenvalue weighted by atomic mass is 10.0. The van der Waals surface area contributed by atoms with E-state index in [2.05, 4.69) is 0 Å². The van der Waals surface area contributed by atoms with E-state index in [-0.39, 0.29) is 52.9 Å². The third-order valence-electron chi connectivity index (χ3n) is 5.20. The summed E-state index contributed by atoms with van der Waals surface area (Å²) in [5.41, 5.74) is 0.283. The van der Waals surface area contributed by atoms with Crippen molar-refractivity contribution in [1.82, 2.24) is 0 Å². The van der Waals surface area contributed by atoms with Crippen molar-refractivity contribution in [3.63, 3.8) is 0 Å². The second-order valence-electron chi connectivity index (χ2n) is 7.32. The first kappa shape index (κ1) is 25.7. The van der Waals surface area contributed by atoms with Crippen LogP contribution in [-0.4, -0.2) is 40.9 Å². The van der Waals surface area contributed by atoms with Gasteiger partial charge in [0.15, 0.2) is 11.5 Å². The number of hydrogen-bond donors (Lipinski definition) is 1. The molecule has 0 aliphatic rings. The molecule has 3 rings (SSSR count). The van der Waals surface area contributed by atoms with Crippen LogP contribution < -0.4 is 13.8 Å². The number of benzene rings is 3. The molecule has 0 aliphatic carbocycles. The lowest BCUT2D eigenvalue weighted by Gasteiger charge is -2.27. The van der Waals surface area contributed by atoms with Crippen molar-refractivity contribution in [3.8, 4) is 11.5 Å². The molecular weight excluding hydrogens is 488 g/mol. The molecule has 0 saturated heterocycles. The summed E-state index contributed by atoms with van der Waals surface area (Å²) in [6, 6.07) is 12.1. The Kier molecular flexibility index (Phi) is 8.35. The van der Waals surface area contributed by atoms with Gasteiger partial charge in [0, 0.05) is 36.2 Å². The molecule has 3 aromatic rings. The molecule has 0 heterocycles. The Morgan fingerprint density at radius 2 is 1.65 bits per heavy atom. The maximum absolute atomic E-state index is 14.4. The lowest BCUT2D eigenvalue weighted by Crippen LogP contribution is -2.33. The summed E-state index contributed by atoms with van der Waals surface area (Å²) in [7, 11) is -1.36. The number of aliphatic hydroxyl groups is 1. The molecule has 0 atom stereocenters. The van der Waals surface area contributed by atoms with Crippen molar-refractivity contribution in [2.75, 3.05) is 31.7 Å². The molecule has 0 aromatic heterocycles. The summed E-state index contributed by atoms with van der Waals surface area (Å²) < 4.78 is 67.6. The van der Waals surface area contributed by atoms with Crippen LogP contribution in [0.3, 0.4) is 0 Å². The molecule has 1 N–H and O–H groups in total.